The quantitative estimate of drug-likeness (QED) is 0.307. The lowest BCUT2D eigenvalue weighted by atomic mass is 9.92. The fourth-order valence-electron chi connectivity index (χ4n) is 3.79. The number of carbonyl (C=O) groups is 3. The number of rotatable bonds is 14. The molecule has 2 N–H and O–H groups in total. The molecule has 5 nitrogen and oxygen atoms in total. The van der Waals surface area contributed by atoms with E-state index in [1.807, 2.05) is 20.8 Å². The van der Waals surface area contributed by atoms with E-state index in [-0.39, 0.29) is 40.0 Å². The van der Waals surface area contributed by atoms with Crippen LogP contribution in [0.3, 0.4) is 0 Å². The van der Waals surface area contributed by atoms with Gasteiger partial charge in [0.05, 0.1) is 16.7 Å². The standard InChI is InChI=1S/C28H36O5/c1-4-7-10-24(29)21-16-19(13-14-27(21)32)15-20-17-22(25(30)11-8-5-2)28(33)23(18-20)26(31)12-9-6-3/h13-14,16-18,32-33H,4-12,15H2,1-3H3. The van der Waals surface area contributed by atoms with Gasteiger partial charge in [0.2, 0.25) is 0 Å². The van der Waals surface area contributed by atoms with E-state index in [1.54, 1.807) is 24.3 Å². The van der Waals surface area contributed by atoms with E-state index < -0.39 is 0 Å². The zero-order valence-corrected chi connectivity index (χ0v) is 20.1. The van der Waals surface area contributed by atoms with Crippen molar-refractivity contribution in [2.24, 2.45) is 0 Å². The van der Waals surface area contributed by atoms with Crippen LogP contribution in [0.25, 0.3) is 0 Å². The number of phenols is 2. The zero-order chi connectivity index (χ0) is 24.4. The number of phenolic OH excluding ortho intramolecular Hbond substituents is 2. The average Bonchev–Trinajstić information content (AvgIpc) is 2.81. The number of carbonyl (C=O) groups excluding carboxylic acids is 3. The van der Waals surface area contributed by atoms with Gasteiger partial charge in [-0.1, -0.05) is 46.1 Å². The van der Waals surface area contributed by atoms with Gasteiger partial charge in [-0.2, -0.15) is 0 Å². The minimum atomic E-state index is -0.234. The summed E-state index contributed by atoms with van der Waals surface area (Å²) in [5, 5.41) is 20.9. The fraction of sp³-hybridized carbons (Fsp3) is 0.464. The first-order valence-corrected chi connectivity index (χ1v) is 12.1. The summed E-state index contributed by atoms with van der Waals surface area (Å²) in [5.41, 5.74) is 2.15. The lowest BCUT2D eigenvalue weighted by Gasteiger charge is -2.13. The van der Waals surface area contributed by atoms with Gasteiger partial charge in [-0.3, -0.25) is 14.4 Å². The summed E-state index contributed by atoms with van der Waals surface area (Å²) in [6, 6.07) is 8.22. The summed E-state index contributed by atoms with van der Waals surface area (Å²) in [6.07, 6.45) is 6.15. The lowest BCUT2D eigenvalue weighted by Crippen LogP contribution is -2.08. The zero-order valence-electron chi connectivity index (χ0n) is 20.1. The first kappa shape index (κ1) is 26.3. The second-order valence-electron chi connectivity index (χ2n) is 8.65. The maximum atomic E-state index is 12.8. The molecule has 5 heteroatoms. The summed E-state index contributed by atoms with van der Waals surface area (Å²) in [6.45, 7) is 5.99. The van der Waals surface area contributed by atoms with Crippen LogP contribution in [0.1, 0.15) is 121 Å². The minimum Gasteiger partial charge on any atom is -0.507 e. The topological polar surface area (TPSA) is 91.7 Å². The number of unbranched alkanes of at least 4 members (excludes halogenated alkanes) is 3. The molecule has 33 heavy (non-hydrogen) atoms. The summed E-state index contributed by atoms with van der Waals surface area (Å²) in [5.74, 6) is -0.741. The molecule has 2 aromatic carbocycles. The second kappa shape index (κ2) is 12.9. The highest BCUT2D eigenvalue weighted by Gasteiger charge is 2.21. The van der Waals surface area contributed by atoms with Crippen molar-refractivity contribution in [3.05, 3.63) is 58.1 Å². The summed E-state index contributed by atoms with van der Waals surface area (Å²) in [4.78, 5) is 38.0. The van der Waals surface area contributed by atoms with Crippen LogP contribution in [-0.4, -0.2) is 27.6 Å². The average molecular weight is 453 g/mol. The normalized spacial score (nSPS) is 10.9. The Hall–Kier alpha value is -2.95. The molecule has 0 aliphatic carbocycles. The first-order valence-electron chi connectivity index (χ1n) is 12.1. The van der Waals surface area contributed by atoms with E-state index in [9.17, 15) is 24.6 Å². The molecule has 0 bridgehead atoms. The van der Waals surface area contributed by atoms with Crippen molar-refractivity contribution >= 4 is 17.3 Å². The minimum absolute atomic E-state index is 0.0450. The lowest BCUT2D eigenvalue weighted by molar-refractivity contribution is 0.0964. The van der Waals surface area contributed by atoms with Gasteiger partial charge in [0.15, 0.2) is 17.3 Å². The van der Waals surface area contributed by atoms with Crippen LogP contribution in [0.4, 0.5) is 0 Å². The molecule has 0 aliphatic rings. The van der Waals surface area contributed by atoms with E-state index in [4.69, 9.17) is 0 Å². The van der Waals surface area contributed by atoms with E-state index in [2.05, 4.69) is 0 Å². The second-order valence-corrected chi connectivity index (χ2v) is 8.65. The molecule has 0 amide bonds. The molecule has 0 radical (unpaired) electrons. The maximum Gasteiger partial charge on any atom is 0.166 e. The predicted octanol–water partition coefficient (Wildman–Crippen LogP) is 6.81. The largest absolute Gasteiger partial charge is 0.507 e. The number of ketones is 3. The van der Waals surface area contributed by atoms with Gasteiger partial charge in [-0.15, -0.1) is 0 Å². The molecule has 0 spiro atoms. The van der Waals surface area contributed by atoms with Gasteiger partial charge in [-0.05, 0) is 61.1 Å². The van der Waals surface area contributed by atoms with Crippen LogP contribution in [-0.2, 0) is 6.42 Å². The van der Waals surface area contributed by atoms with Gasteiger partial charge in [0, 0.05) is 19.3 Å². The Morgan fingerprint density at radius 3 is 1.52 bits per heavy atom. The van der Waals surface area contributed by atoms with Gasteiger partial charge in [0.1, 0.15) is 11.5 Å². The predicted molar refractivity (Wildman–Crippen MR) is 131 cm³/mol. The Morgan fingerprint density at radius 2 is 1.06 bits per heavy atom. The van der Waals surface area contributed by atoms with Crippen LogP contribution >= 0.6 is 0 Å². The van der Waals surface area contributed by atoms with Crippen molar-refractivity contribution in [1.82, 2.24) is 0 Å². The van der Waals surface area contributed by atoms with Gasteiger partial charge in [-0.25, -0.2) is 0 Å². The summed E-state index contributed by atoms with van der Waals surface area (Å²) in [7, 11) is 0. The third-order valence-corrected chi connectivity index (χ3v) is 5.81. The molecule has 0 unspecified atom stereocenters. The molecular weight excluding hydrogens is 416 g/mol. The molecular formula is C28H36O5. The van der Waals surface area contributed by atoms with Crippen LogP contribution in [0.5, 0.6) is 11.5 Å². The van der Waals surface area contributed by atoms with Crippen molar-refractivity contribution < 1.29 is 24.6 Å². The van der Waals surface area contributed by atoms with E-state index in [0.29, 0.717) is 49.7 Å². The Labute approximate surface area is 196 Å². The van der Waals surface area contributed by atoms with Crippen LogP contribution in [0.15, 0.2) is 30.3 Å². The van der Waals surface area contributed by atoms with Crippen LogP contribution in [0.2, 0.25) is 0 Å². The fourth-order valence-corrected chi connectivity index (χ4v) is 3.79. The number of benzene rings is 2. The van der Waals surface area contributed by atoms with E-state index in [0.717, 1.165) is 31.2 Å². The van der Waals surface area contributed by atoms with Crippen molar-refractivity contribution in [1.29, 1.82) is 0 Å². The van der Waals surface area contributed by atoms with Crippen LogP contribution < -0.4 is 0 Å². The molecule has 2 rings (SSSR count). The summed E-state index contributed by atoms with van der Waals surface area (Å²) < 4.78 is 0. The van der Waals surface area contributed by atoms with E-state index >= 15 is 0 Å². The van der Waals surface area contributed by atoms with Gasteiger partial charge >= 0.3 is 0 Å². The molecule has 178 valence electrons. The van der Waals surface area contributed by atoms with Crippen LogP contribution in [0, 0.1) is 0 Å². The maximum absolute atomic E-state index is 12.8. The van der Waals surface area contributed by atoms with Gasteiger partial charge in [0.25, 0.3) is 0 Å². The van der Waals surface area contributed by atoms with Gasteiger partial charge < -0.3 is 10.2 Å². The third-order valence-electron chi connectivity index (χ3n) is 5.81. The Balaban J connectivity index is 2.43. The number of hydrogen-bond donors (Lipinski definition) is 2. The Kier molecular flexibility index (Phi) is 10.3. The SMILES string of the molecule is CCCCC(=O)c1cc(Cc2cc(C(=O)CCCC)c(O)c(C(=O)CCCC)c2)ccc1O. The highest BCUT2D eigenvalue weighted by molar-refractivity contribution is 6.05. The molecule has 0 aliphatic heterocycles. The van der Waals surface area contributed by atoms with E-state index in [1.165, 1.54) is 6.07 Å². The third kappa shape index (κ3) is 7.28. The Morgan fingerprint density at radius 1 is 0.636 bits per heavy atom. The molecule has 0 saturated carbocycles. The molecule has 2 aromatic rings. The smallest absolute Gasteiger partial charge is 0.166 e. The monoisotopic (exact) mass is 452 g/mol. The van der Waals surface area contributed by atoms with Crippen molar-refractivity contribution in [3.8, 4) is 11.5 Å². The summed E-state index contributed by atoms with van der Waals surface area (Å²) >= 11 is 0. The number of hydrogen-bond acceptors (Lipinski definition) is 5. The molecule has 0 fully saturated rings. The highest BCUT2D eigenvalue weighted by Crippen LogP contribution is 2.30. The Bertz CT molecular complexity index is 949. The molecule has 0 saturated heterocycles. The number of Topliss-reactive ketones (excluding diaryl/α,β-unsaturated/α-hetero) is 3. The molecule has 0 atom stereocenters. The molecule has 0 aromatic heterocycles. The van der Waals surface area contributed by atoms with Crippen molar-refractivity contribution in [3.63, 3.8) is 0 Å². The van der Waals surface area contributed by atoms with Crippen molar-refractivity contribution in [2.45, 2.75) is 85.0 Å². The first-order chi connectivity index (χ1) is 15.8. The van der Waals surface area contributed by atoms with Crippen molar-refractivity contribution in [2.75, 3.05) is 0 Å². The molecule has 0 heterocycles. The number of aromatic hydroxyl groups is 2. The highest BCUT2D eigenvalue weighted by atomic mass is 16.3.